The van der Waals surface area contributed by atoms with Crippen LogP contribution in [-0.2, 0) is 14.6 Å². The van der Waals surface area contributed by atoms with Crippen molar-refractivity contribution in [3.8, 4) is 0 Å². The van der Waals surface area contributed by atoms with Crippen LogP contribution in [0.25, 0.3) is 0 Å². The molecule has 1 aliphatic carbocycles. The van der Waals surface area contributed by atoms with E-state index in [-0.39, 0.29) is 22.9 Å². The molecule has 1 saturated carbocycles. The SMILES string of the molecule is Cc1cccc(S(=O)(=O)CC2CCC(NCC(=O)CC(C)(C)C)CC2)c1. The number of Topliss-reactive ketones (excluding diaryl/α,β-unsaturated/α-hetero) is 1. The van der Waals surface area contributed by atoms with Gasteiger partial charge < -0.3 is 5.32 Å². The predicted octanol–water partition coefficient (Wildman–Crippen LogP) is 3.92. The molecule has 146 valence electrons. The predicted molar refractivity (Wildman–Crippen MR) is 106 cm³/mol. The molecule has 0 heterocycles. The summed E-state index contributed by atoms with van der Waals surface area (Å²) in [6.07, 6.45) is 4.27. The van der Waals surface area contributed by atoms with E-state index in [0.717, 1.165) is 31.2 Å². The van der Waals surface area contributed by atoms with Crippen LogP contribution in [-0.4, -0.2) is 32.5 Å². The lowest BCUT2D eigenvalue weighted by atomic mass is 9.86. The molecule has 4 nitrogen and oxygen atoms in total. The number of sulfone groups is 1. The number of aryl methyl sites for hydroxylation is 1. The smallest absolute Gasteiger partial charge is 0.178 e. The monoisotopic (exact) mass is 379 g/mol. The highest BCUT2D eigenvalue weighted by atomic mass is 32.2. The van der Waals surface area contributed by atoms with E-state index in [2.05, 4.69) is 26.1 Å². The normalized spacial score (nSPS) is 21.5. The van der Waals surface area contributed by atoms with Crippen molar-refractivity contribution in [3.63, 3.8) is 0 Å². The molecular weight excluding hydrogens is 346 g/mol. The first-order valence-corrected chi connectivity index (χ1v) is 11.2. The van der Waals surface area contributed by atoms with Gasteiger partial charge in [0.25, 0.3) is 0 Å². The molecule has 1 aromatic carbocycles. The van der Waals surface area contributed by atoms with Crippen molar-refractivity contribution in [1.29, 1.82) is 0 Å². The second-order valence-electron chi connectivity index (χ2n) is 8.97. The minimum atomic E-state index is -3.22. The van der Waals surface area contributed by atoms with E-state index in [9.17, 15) is 13.2 Å². The Morgan fingerprint density at radius 1 is 1.15 bits per heavy atom. The highest BCUT2D eigenvalue weighted by Gasteiger charge is 2.27. The average molecular weight is 380 g/mol. The zero-order valence-corrected chi connectivity index (χ0v) is 17.4. The maximum absolute atomic E-state index is 12.6. The molecule has 0 aliphatic heterocycles. The number of carbonyl (C=O) groups excluding carboxylic acids is 1. The summed E-state index contributed by atoms with van der Waals surface area (Å²) in [5.74, 6) is 0.692. The number of hydrogen-bond donors (Lipinski definition) is 1. The lowest BCUT2D eigenvalue weighted by molar-refractivity contribution is -0.120. The van der Waals surface area contributed by atoms with Crippen molar-refractivity contribution in [2.75, 3.05) is 12.3 Å². The van der Waals surface area contributed by atoms with E-state index in [0.29, 0.717) is 23.9 Å². The molecule has 0 atom stereocenters. The van der Waals surface area contributed by atoms with Gasteiger partial charge in [-0.2, -0.15) is 0 Å². The van der Waals surface area contributed by atoms with E-state index in [1.807, 2.05) is 13.0 Å². The fourth-order valence-corrected chi connectivity index (χ4v) is 5.46. The van der Waals surface area contributed by atoms with Crippen LogP contribution >= 0.6 is 0 Å². The van der Waals surface area contributed by atoms with Gasteiger partial charge in [0, 0.05) is 12.5 Å². The van der Waals surface area contributed by atoms with Crippen molar-refractivity contribution < 1.29 is 13.2 Å². The van der Waals surface area contributed by atoms with Crippen LogP contribution in [0.15, 0.2) is 29.2 Å². The van der Waals surface area contributed by atoms with Crippen LogP contribution in [0.2, 0.25) is 0 Å². The first kappa shape index (κ1) is 21.1. The minimum absolute atomic E-state index is 0.0283. The maximum atomic E-state index is 12.6. The molecule has 2 rings (SSSR count). The quantitative estimate of drug-likeness (QED) is 0.780. The Kier molecular flexibility index (Phi) is 7.03. The lowest BCUT2D eigenvalue weighted by Gasteiger charge is -2.29. The van der Waals surface area contributed by atoms with Crippen molar-refractivity contribution in [1.82, 2.24) is 5.32 Å². The van der Waals surface area contributed by atoms with Crippen molar-refractivity contribution >= 4 is 15.6 Å². The molecule has 0 amide bonds. The topological polar surface area (TPSA) is 63.2 Å². The zero-order valence-electron chi connectivity index (χ0n) is 16.5. The first-order chi connectivity index (χ1) is 12.0. The van der Waals surface area contributed by atoms with Gasteiger partial charge in [0.1, 0.15) is 5.78 Å². The Morgan fingerprint density at radius 3 is 2.38 bits per heavy atom. The summed E-state index contributed by atoms with van der Waals surface area (Å²) in [5.41, 5.74) is 1.000. The summed E-state index contributed by atoms with van der Waals surface area (Å²) < 4.78 is 25.2. The number of ketones is 1. The van der Waals surface area contributed by atoms with Gasteiger partial charge in [0.05, 0.1) is 17.2 Å². The van der Waals surface area contributed by atoms with Crippen LogP contribution in [0.4, 0.5) is 0 Å². The second kappa shape index (κ2) is 8.66. The number of carbonyl (C=O) groups is 1. The average Bonchev–Trinajstić information content (AvgIpc) is 2.52. The molecule has 0 aromatic heterocycles. The van der Waals surface area contributed by atoms with E-state index in [4.69, 9.17) is 0 Å². The van der Waals surface area contributed by atoms with Gasteiger partial charge in [-0.25, -0.2) is 8.42 Å². The molecule has 1 aromatic rings. The summed E-state index contributed by atoms with van der Waals surface area (Å²) in [4.78, 5) is 12.4. The Bertz CT molecular complexity index is 711. The summed E-state index contributed by atoms with van der Waals surface area (Å²) >= 11 is 0. The Morgan fingerprint density at radius 2 is 1.81 bits per heavy atom. The number of nitrogens with one attached hydrogen (secondary N) is 1. The highest BCUT2D eigenvalue weighted by molar-refractivity contribution is 7.91. The van der Waals surface area contributed by atoms with E-state index < -0.39 is 9.84 Å². The Labute approximate surface area is 158 Å². The van der Waals surface area contributed by atoms with Gasteiger partial charge in [-0.3, -0.25) is 4.79 Å². The fraction of sp³-hybridized carbons (Fsp3) is 0.667. The van der Waals surface area contributed by atoms with Crippen molar-refractivity contribution in [2.45, 2.75) is 70.7 Å². The second-order valence-corrected chi connectivity index (χ2v) is 11.0. The minimum Gasteiger partial charge on any atom is -0.307 e. The van der Waals surface area contributed by atoms with Gasteiger partial charge in [0.15, 0.2) is 9.84 Å². The third-order valence-corrected chi connectivity index (χ3v) is 6.85. The number of benzene rings is 1. The lowest BCUT2D eigenvalue weighted by Crippen LogP contribution is -2.38. The molecule has 26 heavy (non-hydrogen) atoms. The third kappa shape index (κ3) is 6.84. The molecule has 0 bridgehead atoms. The third-order valence-electron chi connectivity index (χ3n) is 4.97. The molecule has 1 N–H and O–H groups in total. The van der Waals surface area contributed by atoms with Crippen LogP contribution in [0.1, 0.15) is 58.4 Å². The maximum Gasteiger partial charge on any atom is 0.178 e. The summed E-state index contributed by atoms with van der Waals surface area (Å²) in [6, 6.07) is 7.49. The number of rotatable bonds is 7. The number of hydrogen-bond acceptors (Lipinski definition) is 4. The molecule has 1 aliphatic rings. The fourth-order valence-electron chi connectivity index (χ4n) is 3.66. The van der Waals surface area contributed by atoms with Crippen LogP contribution in [0.5, 0.6) is 0 Å². The van der Waals surface area contributed by atoms with Gasteiger partial charge in [-0.15, -0.1) is 0 Å². The van der Waals surface area contributed by atoms with Crippen LogP contribution < -0.4 is 5.32 Å². The summed E-state index contributed by atoms with van der Waals surface area (Å²) in [5, 5.41) is 3.37. The Hall–Kier alpha value is -1.20. The van der Waals surface area contributed by atoms with Gasteiger partial charge >= 0.3 is 0 Å². The molecule has 0 radical (unpaired) electrons. The van der Waals surface area contributed by atoms with Crippen LogP contribution in [0, 0.1) is 18.3 Å². The van der Waals surface area contributed by atoms with Crippen molar-refractivity contribution in [3.05, 3.63) is 29.8 Å². The molecule has 0 unspecified atom stereocenters. The van der Waals surface area contributed by atoms with E-state index in [1.54, 1.807) is 18.2 Å². The van der Waals surface area contributed by atoms with Gasteiger partial charge in [-0.1, -0.05) is 32.9 Å². The Balaban J connectivity index is 1.79. The van der Waals surface area contributed by atoms with Gasteiger partial charge in [-0.05, 0) is 61.6 Å². The molecular formula is C21H33NO3S. The van der Waals surface area contributed by atoms with Gasteiger partial charge in [0.2, 0.25) is 0 Å². The molecule has 5 heteroatoms. The van der Waals surface area contributed by atoms with Crippen LogP contribution in [0.3, 0.4) is 0 Å². The molecule has 0 spiro atoms. The summed E-state index contributed by atoms with van der Waals surface area (Å²) in [6.45, 7) is 8.56. The largest absolute Gasteiger partial charge is 0.307 e. The standard InChI is InChI=1S/C21H33NO3S/c1-16-6-5-7-20(12-16)26(24,25)15-17-8-10-18(11-9-17)22-14-19(23)13-21(2,3)4/h5-7,12,17-18,22H,8-11,13-15H2,1-4H3. The zero-order chi connectivity index (χ0) is 19.4. The van der Waals surface area contributed by atoms with E-state index >= 15 is 0 Å². The summed E-state index contributed by atoms with van der Waals surface area (Å²) in [7, 11) is -3.22. The molecule has 1 fully saturated rings. The first-order valence-electron chi connectivity index (χ1n) is 9.60. The van der Waals surface area contributed by atoms with E-state index in [1.165, 1.54) is 0 Å². The highest BCUT2D eigenvalue weighted by Crippen LogP contribution is 2.28. The van der Waals surface area contributed by atoms with Crippen molar-refractivity contribution in [2.24, 2.45) is 11.3 Å². The molecule has 0 saturated heterocycles.